The van der Waals surface area contributed by atoms with Crippen LogP contribution in [0.3, 0.4) is 0 Å². The minimum atomic E-state index is -3.50. The maximum absolute atomic E-state index is 13.1. The Balaban J connectivity index is 1.34. The summed E-state index contributed by atoms with van der Waals surface area (Å²) in [7, 11) is -3.50. The van der Waals surface area contributed by atoms with E-state index in [4.69, 9.17) is 0 Å². The van der Waals surface area contributed by atoms with E-state index in [-0.39, 0.29) is 11.8 Å². The number of piperidine rings is 1. The van der Waals surface area contributed by atoms with E-state index in [0.717, 1.165) is 50.4 Å². The summed E-state index contributed by atoms with van der Waals surface area (Å²) in [5.41, 5.74) is 0. The highest BCUT2D eigenvalue weighted by Crippen LogP contribution is 2.29. The third-order valence-electron chi connectivity index (χ3n) is 5.69. The topological polar surface area (TPSA) is 60.9 Å². The average molecular weight is 454 g/mol. The molecule has 2 aromatic heterocycles. The molecule has 0 aliphatic carbocycles. The SMILES string of the molecule is Cc1ccc(S(=O)(=O)N2CCCC(C(=O)N3CCN(Cc4cccs4)CC3)C2)s1. The minimum Gasteiger partial charge on any atom is -0.340 e. The largest absolute Gasteiger partial charge is 0.340 e. The van der Waals surface area contributed by atoms with Gasteiger partial charge >= 0.3 is 0 Å². The molecule has 0 radical (unpaired) electrons. The van der Waals surface area contributed by atoms with E-state index in [0.29, 0.717) is 17.3 Å². The first-order valence-corrected chi connectivity index (χ1v) is 13.2. The van der Waals surface area contributed by atoms with Crippen LogP contribution in [0.1, 0.15) is 22.6 Å². The number of piperazine rings is 1. The number of sulfonamides is 1. The molecule has 0 spiro atoms. The van der Waals surface area contributed by atoms with Gasteiger partial charge in [0.15, 0.2) is 0 Å². The molecule has 2 aliphatic rings. The van der Waals surface area contributed by atoms with Gasteiger partial charge in [0.1, 0.15) is 4.21 Å². The van der Waals surface area contributed by atoms with Crippen LogP contribution in [-0.4, -0.2) is 67.7 Å². The van der Waals surface area contributed by atoms with Crippen molar-refractivity contribution in [2.45, 2.75) is 30.5 Å². The van der Waals surface area contributed by atoms with Crippen LogP contribution >= 0.6 is 22.7 Å². The molecule has 2 aromatic rings. The number of carbonyl (C=O) groups excluding carboxylic acids is 1. The van der Waals surface area contributed by atoms with Gasteiger partial charge in [-0.25, -0.2) is 8.42 Å². The van der Waals surface area contributed by atoms with Crippen molar-refractivity contribution in [2.24, 2.45) is 5.92 Å². The zero-order valence-corrected chi connectivity index (χ0v) is 19.1. The quantitative estimate of drug-likeness (QED) is 0.699. The summed E-state index contributed by atoms with van der Waals surface area (Å²) < 4.78 is 27.8. The lowest BCUT2D eigenvalue weighted by Crippen LogP contribution is -2.52. The Kier molecular flexibility index (Phi) is 6.41. The zero-order chi connectivity index (χ0) is 20.4. The van der Waals surface area contributed by atoms with Gasteiger partial charge in [-0.1, -0.05) is 6.07 Å². The molecule has 4 heterocycles. The molecular formula is C20H27N3O3S3. The predicted molar refractivity (Wildman–Crippen MR) is 117 cm³/mol. The van der Waals surface area contributed by atoms with E-state index in [9.17, 15) is 13.2 Å². The highest BCUT2D eigenvalue weighted by molar-refractivity contribution is 7.91. The highest BCUT2D eigenvalue weighted by Gasteiger charge is 2.36. The second kappa shape index (κ2) is 8.85. The second-order valence-electron chi connectivity index (χ2n) is 7.75. The second-order valence-corrected chi connectivity index (χ2v) is 12.2. The first kappa shape index (κ1) is 21.0. The Morgan fingerprint density at radius 3 is 2.59 bits per heavy atom. The molecule has 9 heteroatoms. The molecule has 0 bridgehead atoms. The van der Waals surface area contributed by atoms with E-state index in [1.807, 2.05) is 17.9 Å². The Morgan fingerprint density at radius 2 is 1.93 bits per heavy atom. The Hall–Kier alpha value is -1.26. The molecule has 6 nitrogen and oxygen atoms in total. The van der Waals surface area contributed by atoms with Gasteiger partial charge in [-0.15, -0.1) is 22.7 Å². The number of hydrogen-bond donors (Lipinski definition) is 0. The average Bonchev–Trinajstić information content (AvgIpc) is 3.40. The van der Waals surface area contributed by atoms with Crippen LogP contribution in [0.5, 0.6) is 0 Å². The summed E-state index contributed by atoms with van der Waals surface area (Å²) >= 11 is 3.06. The van der Waals surface area contributed by atoms with E-state index < -0.39 is 10.0 Å². The van der Waals surface area contributed by atoms with E-state index in [2.05, 4.69) is 22.4 Å². The normalized spacial score (nSPS) is 22.1. The number of amides is 1. The number of carbonyl (C=O) groups is 1. The zero-order valence-electron chi connectivity index (χ0n) is 16.6. The maximum atomic E-state index is 13.1. The molecule has 0 saturated carbocycles. The summed E-state index contributed by atoms with van der Waals surface area (Å²) in [5.74, 6) is -0.119. The fourth-order valence-electron chi connectivity index (χ4n) is 4.05. The molecule has 2 fully saturated rings. The molecule has 29 heavy (non-hydrogen) atoms. The lowest BCUT2D eigenvalue weighted by Gasteiger charge is -2.38. The van der Waals surface area contributed by atoms with Gasteiger partial charge in [0.25, 0.3) is 10.0 Å². The molecule has 1 atom stereocenters. The van der Waals surface area contributed by atoms with Crippen molar-refractivity contribution in [2.75, 3.05) is 39.3 Å². The molecular weight excluding hydrogens is 426 g/mol. The van der Waals surface area contributed by atoms with E-state index in [1.165, 1.54) is 20.5 Å². The van der Waals surface area contributed by atoms with Crippen molar-refractivity contribution in [3.05, 3.63) is 39.4 Å². The van der Waals surface area contributed by atoms with Crippen molar-refractivity contribution < 1.29 is 13.2 Å². The third-order valence-corrected chi connectivity index (χ3v) is 9.88. The lowest BCUT2D eigenvalue weighted by molar-refractivity contribution is -0.138. The van der Waals surface area contributed by atoms with Gasteiger partial charge in [-0.2, -0.15) is 4.31 Å². The fraction of sp³-hybridized carbons (Fsp3) is 0.550. The van der Waals surface area contributed by atoms with E-state index >= 15 is 0 Å². The van der Waals surface area contributed by atoms with Gasteiger partial charge < -0.3 is 4.90 Å². The molecule has 0 N–H and O–H groups in total. The first-order valence-electron chi connectivity index (χ1n) is 10.0. The number of rotatable bonds is 5. The number of thiophene rings is 2. The molecule has 4 rings (SSSR count). The monoisotopic (exact) mass is 453 g/mol. The standard InChI is InChI=1S/C20H27N3O3S3/c1-16-6-7-19(28-16)29(25,26)23-8-2-4-17(14-23)20(24)22-11-9-21(10-12-22)15-18-5-3-13-27-18/h3,5-7,13,17H,2,4,8-12,14-15H2,1H3. The van der Waals surface area contributed by atoms with Gasteiger partial charge in [0.05, 0.1) is 5.92 Å². The molecule has 2 aliphatic heterocycles. The van der Waals surface area contributed by atoms with Crippen molar-refractivity contribution >= 4 is 38.6 Å². The lowest BCUT2D eigenvalue weighted by atomic mass is 9.98. The molecule has 1 unspecified atom stereocenters. The van der Waals surface area contributed by atoms with Crippen LogP contribution in [0, 0.1) is 12.8 Å². The third kappa shape index (κ3) is 4.74. The van der Waals surface area contributed by atoms with Gasteiger partial charge in [0.2, 0.25) is 5.91 Å². The fourth-order valence-corrected chi connectivity index (χ4v) is 7.76. The maximum Gasteiger partial charge on any atom is 0.252 e. The summed E-state index contributed by atoms with van der Waals surface area (Å²) in [6, 6.07) is 7.72. The van der Waals surface area contributed by atoms with Crippen LogP contribution in [0.4, 0.5) is 0 Å². The summed E-state index contributed by atoms with van der Waals surface area (Å²) in [4.78, 5) is 19.7. The van der Waals surface area contributed by atoms with Crippen LogP contribution in [0.15, 0.2) is 33.9 Å². The Morgan fingerprint density at radius 1 is 1.14 bits per heavy atom. The summed E-state index contributed by atoms with van der Waals surface area (Å²) in [6.07, 6.45) is 1.50. The molecule has 158 valence electrons. The first-order chi connectivity index (χ1) is 13.9. The number of hydrogen-bond acceptors (Lipinski definition) is 6. The minimum absolute atomic E-state index is 0.114. The Labute approximate surface area is 180 Å². The van der Waals surface area contributed by atoms with Crippen LogP contribution in [-0.2, 0) is 21.4 Å². The van der Waals surface area contributed by atoms with Crippen molar-refractivity contribution in [1.29, 1.82) is 0 Å². The van der Waals surface area contributed by atoms with E-state index in [1.54, 1.807) is 17.4 Å². The molecule has 0 aromatic carbocycles. The van der Waals surface area contributed by atoms with Crippen molar-refractivity contribution in [3.63, 3.8) is 0 Å². The van der Waals surface area contributed by atoms with Gasteiger partial charge in [-0.05, 0) is 43.3 Å². The van der Waals surface area contributed by atoms with Crippen molar-refractivity contribution in [3.8, 4) is 0 Å². The van der Waals surface area contributed by atoms with Gasteiger partial charge in [-0.3, -0.25) is 9.69 Å². The molecule has 1 amide bonds. The predicted octanol–water partition coefficient (Wildman–Crippen LogP) is 2.86. The Bertz CT molecular complexity index is 931. The summed E-state index contributed by atoms with van der Waals surface area (Å²) in [6.45, 7) is 6.82. The van der Waals surface area contributed by atoms with Gasteiger partial charge in [0, 0.05) is 55.6 Å². The highest BCUT2D eigenvalue weighted by atomic mass is 32.2. The smallest absolute Gasteiger partial charge is 0.252 e. The number of nitrogens with zero attached hydrogens (tertiary/aromatic N) is 3. The number of aryl methyl sites for hydroxylation is 1. The van der Waals surface area contributed by atoms with Crippen LogP contribution < -0.4 is 0 Å². The molecule has 2 saturated heterocycles. The van der Waals surface area contributed by atoms with Crippen molar-refractivity contribution in [1.82, 2.24) is 14.1 Å². The van der Waals surface area contributed by atoms with Crippen LogP contribution in [0.2, 0.25) is 0 Å². The van der Waals surface area contributed by atoms with Crippen LogP contribution in [0.25, 0.3) is 0 Å². The summed E-state index contributed by atoms with van der Waals surface area (Å²) in [5, 5.41) is 2.09.